The summed E-state index contributed by atoms with van der Waals surface area (Å²) in [7, 11) is 3.45. The zero-order valence-corrected chi connectivity index (χ0v) is 38.0. The Morgan fingerprint density at radius 1 is 0.902 bits per heavy atom. The van der Waals surface area contributed by atoms with Gasteiger partial charge in [-0.3, -0.25) is 9.59 Å². The smallest absolute Gasteiger partial charge is 0.339 e. The van der Waals surface area contributed by atoms with Gasteiger partial charge in [0.25, 0.3) is 5.91 Å². The number of nitrogens with zero attached hydrogens (tertiary/aromatic N) is 3. The van der Waals surface area contributed by atoms with Crippen molar-refractivity contribution in [2.75, 3.05) is 24.7 Å². The topological polar surface area (TPSA) is 153 Å². The molecule has 1 aliphatic rings. The molecule has 0 saturated carbocycles. The van der Waals surface area contributed by atoms with Gasteiger partial charge in [-0.05, 0) is 78.7 Å². The first-order valence-electron chi connectivity index (χ1n) is 18.2. The van der Waals surface area contributed by atoms with Crippen molar-refractivity contribution in [1.29, 1.82) is 0 Å². The summed E-state index contributed by atoms with van der Waals surface area (Å²) >= 11 is 18.0. The monoisotopic (exact) mass is 965 g/mol. The van der Waals surface area contributed by atoms with Crippen LogP contribution in [0.3, 0.4) is 0 Å². The molecule has 61 heavy (non-hydrogen) atoms. The Morgan fingerprint density at radius 2 is 1.48 bits per heavy atom. The summed E-state index contributed by atoms with van der Waals surface area (Å²) in [5.41, 5.74) is 4.39. The molecule has 1 amide bonds. The van der Waals surface area contributed by atoms with Crippen LogP contribution in [0.2, 0.25) is 10.0 Å². The first-order valence-corrected chi connectivity index (χ1v) is 21.5. The number of aromatic carboxylic acids is 2. The van der Waals surface area contributed by atoms with Crippen molar-refractivity contribution in [3.63, 3.8) is 0 Å². The highest BCUT2D eigenvalue weighted by Crippen LogP contribution is 2.38. The number of aldehydes is 1. The molecule has 0 unspecified atom stereocenters. The highest BCUT2D eigenvalue weighted by atomic mass is 79.9. The normalized spacial score (nSPS) is 12.5. The number of benzene rings is 2. The van der Waals surface area contributed by atoms with Crippen LogP contribution in [-0.2, 0) is 4.79 Å². The number of carbonyl (C=O) groups is 4. The number of carboxylic acids is 2. The summed E-state index contributed by atoms with van der Waals surface area (Å²) in [4.78, 5) is 49.2. The molecule has 4 aromatic heterocycles. The van der Waals surface area contributed by atoms with Crippen molar-refractivity contribution in [3.05, 3.63) is 163 Å². The molecule has 316 valence electrons. The van der Waals surface area contributed by atoms with Crippen molar-refractivity contribution in [3.8, 4) is 20.9 Å². The summed E-state index contributed by atoms with van der Waals surface area (Å²) in [5, 5.41) is 33.1. The van der Waals surface area contributed by atoms with Crippen LogP contribution in [-0.4, -0.2) is 63.0 Å². The van der Waals surface area contributed by atoms with Crippen LogP contribution < -0.4 is 10.6 Å². The lowest BCUT2D eigenvalue weighted by atomic mass is 10.1. The molecule has 0 aliphatic carbocycles. The fourth-order valence-electron chi connectivity index (χ4n) is 5.43. The SMILES string of the molecule is C/C=C(C=O)\C=C1\C(F)=CC=CN1C.CC.CNc1csc(-c2ccc(Br)cc2)c1C(=O)O.O=C(Nc1csc(-c2ccc(Cl)cc2)c1C(=O)O)c1cc2c(Cl)cccn2n1. The van der Waals surface area contributed by atoms with Gasteiger partial charge >= 0.3 is 11.9 Å². The molecular weight excluding hydrogens is 928 g/mol. The van der Waals surface area contributed by atoms with E-state index in [0.29, 0.717) is 54.8 Å². The first kappa shape index (κ1) is 47.8. The summed E-state index contributed by atoms with van der Waals surface area (Å²) in [5.74, 6) is -2.91. The fourth-order valence-corrected chi connectivity index (χ4v) is 8.09. The van der Waals surface area contributed by atoms with Crippen molar-refractivity contribution in [1.82, 2.24) is 14.5 Å². The molecule has 0 atom stereocenters. The number of allylic oxidation sites excluding steroid dienone is 6. The molecule has 6 aromatic rings. The van der Waals surface area contributed by atoms with Crippen LogP contribution in [0.5, 0.6) is 0 Å². The van der Waals surface area contributed by atoms with Crippen molar-refractivity contribution < 1.29 is 33.8 Å². The summed E-state index contributed by atoms with van der Waals surface area (Å²) in [6.07, 6.45) is 10.2. The lowest BCUT2D eigenvalue weighted by molar-refractivity contribution is -0.104. The summed E-state index contributed by atoms with van der Waals surface area (Å²) < 4.78 is 15.8. The van der Waals surface area contributed by atoms with Crippen LogP contribution in [0.25, 0.3) is 26.4 Å². The standard InChI is InChI=1S/C19H11Cl2N3O3S.C12H10BrNO2S.C11H12FNO.C2H6/c20-11-5-3-10(4-6-11)17-16(19(26)27)14(9-28-17)22-18(25)13-8-15-12(21)2-1-7-24(15)23-13;1-14-9-6-17-11(10(9)12(15)16)7-2-4-8(13)5-3-7;1-3-9(8-14)7-11-10(12)5-4-6-13(11)2;1-2/h1-9H,(H,22,25)(H,26,27);2-6,14H,1H3,(H,15,16);3-8H,1-2H3;1-2H3/b;;9-3+,11-7-;. The van der Waals surface area contributed by atoms with Gasteiger partial charge in [-0.2, -0.15) is 5.10 Å². The zero-order chi connectivity index (χ0) is 44.8. The largest absolute Gasteiger partial charge is 0.478 e. The Kier molecular flexibility index (Phi) is 17.8. The van der Waals surface area contributed by atoms with Gasteiger partial charge < -0.3 is 25.7 Å². The van der Waals surface area contributed by atoms with E-state index in [-0.39, 0.29) is 22.8 Å². The molecule has 0 fully saturated rings. The minimum Gasteiger partial charge on any atom is -0.478 e. The quantitative estimate of drug-likeness (QED) is 0.0819. The number of aromatic nitrogens is 2. The van der Waals surface area contributed by atoms with Crippen LogP contribution in [0.1, 0.15) is 52.0 Å². The van der Waals surface area contributed by atoms with Crippen LogP contribution >= 0.6 is 61.8 Å². The Bertz CT molecular complexity index is 2650. The fraction of sp³-hybridized carbons (Fsp3) is 0.114. The van der Waals surface area contributed by atoms with Gasteiger partial charge in [0.05, 0.1) is 37.4 Å². The van der Waals surface area contributed by atoms with Crippen molar-refractivity contribution in [2.45, 2.75) is 20.8 Å². The maximum atomic E-state index is 13.3. The van der Waals surface area contributed by atoms with Gasteiger partial charge in [0.2, 0.25) is 0 Å². The predicted molar refractivity (Wildman–Crippen MR) is 249 cm³/mol. The highest BCUT2D eigenvalue weighted by molar-refractivity contribution is 9.10. The molecule has 0 radical (unpaired) electrons. The second-order valence-electron chi connectivity index (χ2n) is 12.2. The summed E-state index contributed by atoms with van der Waals surface area (Å²) in [6.45, 7) is 5.74. The number of carboxylic acid groups (broad SMARTS) is 2. The van der Waals surface area contributed by atoms with Crippen LogP contribution in [0, 0.1) is 0 Å². The number of halogens is 4. The molecule has 2 aromatic carbocycles. The number of nitrogens with one attached hydrogen (secondary N) is 2. The number of anilines is 2. The van der Waals surface area contributed by atoms with E-state index in [1.54, 1.807) is 98.3 Å². The second-order valence-corrected chi connectivity index (χ2v) is 15.7. The lowest BCUT2D eigenvalue weighted by Gasteiger charge is -2.19. The van der Waals surface area contributed by atoms with Gasteiger partial charge in [0.1, 0.15) is 23.2 Å². The molecule has 0 spiro atoms. The van der Waals surface area contributed by atoms with E-state index in [0.717, 1.165) is 14.9 Å². The van der Waals surface area contributed by atoms with Crippen LogP contribution in [0.4, 0.5) is 15.8 Å². The Labute approximate surface area is 377 Å². The van der Waals surface area contributed by atoms with E-state index in [1.807, 2.05) is 43.5 Å². The number of rotatable bonds is 9. The third kappa shape index (κ3) is 12.1. The number of pyridine rings is 1. The Balaban J connectivity index is 0.000000213. The van der Waals surface area contributed by atoms with Crippen molar-refractivity contribution in [2.24, 2.45) is 0 Å². The molecule has 1 aliphatic heterocycles. The minimum atomic E-state index is -1.14. The molecule has 4 N–H and O–H groups in total. The van der Waals surface area contributed by atoms with E-state index in [9.17, 15) is 33.8 Å². The van der Waals surface area contributed by atoms with Gasteiger partial charge in [0.15, 0.2) is 5.69 Å². The van der Waals surface area contributed by atoms with Crippen molar-refractivity contribution >= 4 is 103 Å². The number of thiophene rings is 2. The average Bonchev–Trinajstić information content (AvgIpc) is 4.01. The van der Waals surface area contributed by atoms with E-state index >= 15 is 0 Å². The van der Waals surface area contributed by atoms with Gasteiger partial charge in [-0.1, -0.05) is 83.3 Å². The van der Waals surface area contributed by atoms with Gasteiger partial charge in [-0.15, -0.1) is 22.7 Å². The molecule has 5 heterocycles. The van der Waals surface area contributed by atoms with Gasteiger partial charge in [0, 0.05) is 52.3 Å². The van der Waals surface area contributed by atoms with E-state index in [1.165, 1.54) is 39.3 Å². The number of amides is 1. The second kappa shape index (κ2) is 22.7. The maximum Gasteiger partial charge on any atom is 0.339 e. The molecule has 0 bridgehead atoms. The highest BCUT2D eigenvalue weighted by Gasteiger charge is 2.23. The molecular formula is C44H39BrCl2FN5O6S2. The lowest BCUT2D eigenvalue weighted by Crippen LogP contribution is -2.14. The number of likely N-dealkylation sites (N-methyl/N-ethyl adjacent to an activating group) is 1. The summed E-state index contributed by atoms with van der Waals surface area (Å²) in [6, 6.07) is 19.4. The van der Waals surface area contributed by atoms with E-state index in [4.69, 9.17) is 23.2 Å². The van der Waals surface area contributed by atoms with Gasteiger partial charge in [-0.25, -0.2) is 18.5 Å². The molecule has 11 nitrogen and oxygen atoms in total. The molecule has 0 saturated heterocycles. The number of hydrogen-bond acceptors (Lipinski definition) is 9. The van der Waals surface area contributed by atoms with E-state index in [2.05, 4.69) is 31.7 Å². The molecule has 17 heteroatoms. The third-order valence-corrected chi connectivity index (χ3v) is 11.5. The minimum absolute atomic E-state index is 0.0162. The predicted octanol–water partition coefficient (Wildman–Crippen LogP) is 12.6. The first-order chi connectivity index (χ1) is 29.3. The number of hydrogen-bond donors (Lipinski definition) is 4. The van der Waals surface area contributed by atoms with Crippen LogP contribution in [0.15, 0.2) is 136 Å². The number of carbonyl (C=O) groups excluding carboxylic acids is 2. The maximum absolute atomic E-state index is 13.3. The van der Waals surface area contributed by atoms with E-state index < -0.39 is 17.8 Å². The molecule has 7 rings (SSSR count). The zero-order valence-electron chi connectivity index (χ0n) is 33.2. The number of fused-ring (bicyclic) bond motifs is 1. The Hall–Kier alpha value is -5.84. The average molecular weight is 968 g/mol. The Morgan fingerprint density at radius 3 is 2.00 bits per heavy atom. The third-order valence-electron chi connectivity index (χ3n) is 8.37.